The zero-order chi connectivity index (χ0) is 47.6. The standard InChI is InChI=1S/C51H66N8O7.4H2S/c1-10-44(61)57-21-18-34(28-57)48(63)56(9)45(31(3)4)47(62)53-41-24-32-22-35(25-36(60)23-32)33-16-17-43-38(26-33)39(46(58(43)11-2)37-14-12-19-52-42(37)29-55(7)8)27-51(5,6)30-66-50(65)40-15-13-20-59(54-40)49(41)64;;;;/h10,12,14,16-17,19,22-23,25-26,31,34,40-41,45,54,60H,1,11,13,15,18,20-21,24,27-30H2,2-9H3,(H,53,62);4*1H2/t34-,40-,41-,45-;;;;/m0..../s1. The number of esters is 1. The second-order valence-corrected chi connectivity index (χ2v) is 19.6. The van der Waals surface area contributed by atoms with Crippen molar-refractivity contribution in [3.63, 3.8) is 0 Å². The van der Waals surface area contributed by atoms with Gasteiger partial charge in [0.1, 0.15) is 23.9 Å². The number of amides is 4. The molecule has 0 unspecified atom stereocenters. The number of fused-ring (bicyclic) bond motifs is 6. The van der Waals surface area contributed by atoms with Gasteiger partial charge in [0, 0.05) is 74.3 Å². The van der Waals surface area contributed by atoms with Gasteiger partial charge in [-0.05, 0) is 117 Å². The number of hydrazine groups is 1. The van der Waals surface area contributed by atoms with Crippen LogP contribution >= 0.6 is 54.0 Å². The predicted molar refractivity (Wildman–Crippen MR) is 295 cm³/mol. The molecule has 4 atom stereocenters. The van der Waals surface area contributed by atoms with Gasteiger partial charge < -0.3 is 34.4 Å². The molecule has 15 nitrogen and oxygen atoms in total. The Labute approximate surface area is 440 Å². The monoisotopic (exact) mass is 1040 g/mol. The lowest BCUT2D eigenvalue weighted by Gasteiger charge is -2.37. The normalized spacial score (nSPS) is 19.4. The fourth-order valence-corrected chi connectivity index (χ4v) is 9.99. The fraction of sp³-hybridized carbons (Fsp3) is 0.490. The molecule has 0 aliphatic carbocycles. The number of aromatic hydroxyl groups is 1. The number of rotatable bonds is 10. The quantitative estimate of drug-likeness (QED) is 0.131. The minimum absolute atomic E-state index is 0. The minimum atomic E-state index is -1.16. The third-order valence-corrected chi connectivity index (χ3v) is 13.1. The van der Waals surface area contributed by atoms with Crippen LogP contribution in [0.4, 0.5) is 0 Å². The predicted octanol–water partition coefficient (Wildman–Crippen LogP) is 5.77. The third-order valence-electron chi connectivity index (χ3n) is 13.1. The summed E-state index contributed by atoms with van der Waals surface area (Å²) in [6.07, 6.45) is 5.04. The summed E-state index contributed by atoms with van der Waals surface area (Å²) in [5, 5.41) is 16.7. The number of phenolic OH excluding ortho intramolecular Hbond substituents is 1. The maximum absolute atomic E-state index is 14.7. The summed E-state index contributed by atoms with van der Waals surface area (Å²) in [4.78, 5) is 79.3. The maximum atomic E-state index is 14.7. The third kappa shape index (κ3) is 13.1. The number of benzene rings is 2. The van der Waals surface area contributed by atoms with E-state index in [1.165, 1.54) is 16.0 Å². The van der Waals surface area contributed by atoms with Gasteiger partial charge in [0.05, 0.1) is 23.9 Å². The molecule has 4 amide bonds. The van der Waals surface area contributed by atoms with E-state index in [0.29, 0.717) is 50.9 Å². The van der Waals surface area contributed by atoms with Crippen molar-refractivity contribution >= 4 is 94.5 Å². The van der Waals surface area contributed by atoms with Crippen molar-refractivity contribution in [2.24, 2.45) is 17.3 Å². The van der Waals surface area contributed by atoms with Gasteiger partial charge in [-0.2, -0.15) is 54.0 Å². The maximum Gasteiger partial charge on any atom is 0.324 e. The summed E-state index contributed by atoms with van der Waals surface area (Å²) < 4.78 is 8.44. The second-order valence-electron chi connectivity index (χ2n) is 19.6. The Morgan fingerprint density at radius 1 is 1.01 bits per heavy atom. The van der Waals surface area contributed by atoms with E-state index in [2.05, 4.69) is 65.8 Å². The summed E-state index contributed by atoms with van der Waals surface area (Å²) in [7, 11) is 5.64. The Bertz CT molecular complexity index is 2530. The number of ether oxygens (including phenoxy) is 1. The molecule has 70 heavy (non-hydrogen) atoms. The molecule has 3 aliphatic rings. The molecular formula is C51H74N8O7S4. The molecular weight excluding hydrogens is 965 g/mol. The lowest BCUT2D eigenvalue weighted by molar-refractivity contribution is -0.155. The van der Waals surface area contributed by atoms with Crippen LogP contribution in [0.25, 0.3) is 33.3 Å². The van der Waals surface area contributed by atoms with Crippen LogP contribution in [0.3, 0.4) is 0 Å². The van der Waals surface area contributed by atoms with Crippen LogP contribution in [0.5, 0.6) is 5.75 Å². The van der Waals surface area contributed by atoms with Gasteiger partial charge in [0.25, 0.3) is 5.91 Å². The highest BCUT2D eigenvalue weighted by molar-refractivity contribution is 7.59. The lowest BCUT2D eigenvalue weighted by atomic mass is 9.84. The van der Waals surface area contributed by atoms with E-state index in [9.17, 15) is 29.1 Å². The minimum Gasteiger partial charge on any atom is -0.508 e. The first-order chi connectivity index (χ1) is 31.4. The molecule has 4 aromatic rings. The van der Waals surface area contributed by atoms with Crippen molar-refractivity contribution in [2.75, 3.05) is 47.4 Å². The number of nitrogens with one attached hydrogen (secondary N) is 2. The first kappa shape index (κ1) is 59.6. The topological polar surface area (TPSA) is 170 Å². The molecule has 19 heteroatoms. The summed E-state index contributed by atoms with van der Waals surface area (Å²) >= 11 is 0. The molecule has 0 radical (unpaired) electrons. The molecule has 6 bridgehead atoms. The highest BCUT2D eigenvalue weighted by atomic mass is 32.1. The molecule has 5 heterocycles. The molecule has 0 saturated carbocycles. The van der Waals surface area contributed by atoms with Crippen LogP contribution in [0.15, 0.2) is 67.4 Å². The molecule has 2 aromatic heterocycles. The SMILES string of the molecule is C=CC(=O)N1CC[C@H](C(=O)N(C)[C@H](C(=O)N[C@H]2Cc3cc(O)cc(c3)-c3ccc4c(c3)c(c(-c3cccnc3CN(C)C)n4CC)CC(C)(C)COC(=O)[C@@H]3CCCN(N3)C2=O)C(C)C)C1.S.S.S.S. The van der Waals surface area contributed by atoms with Crippen LogP contribution < -0.4 is 10.7 Å². The number of likely N-dealkylation sites (N-methyl/N-ethyl adjacent to an activating group) is 1. The van der Waals surface area contributed by atoms with E-state index in [4.69, 9.17) is 9.72 Å². The van der Waals surface area contributed by atoms with Gasteiger partial charge in [-0.1, -0.05) is 46.4 Å². The van der Waals surface area contributed by atoms with Crippen LogP contribution in [0.2, 0.25) is 0 Å². The number of aryl methyl sites for hydroxylation is 1. The highest BCUT2D eigenvalue weighted by Crippen LogP contribution is 2.41. The molecule has 2 saturated heterocycles. The van der Waals surface area contributed by atoms with Crippen molar-refractivity contribution in [3.05, 3.63) is 84.2 Å². The van der Waals surface area contributed by atoms with Gasteiger partial charge in [0.15, 0.2) is 0 Å². The van der Waals surface area contributed by atoms with Crippen molar-refractivity contribution in [2.45, 2.75) is 97.9 Å². The van der Waals surface area contributed by atoms with Crippen molar-refractivity contribution in [1.29, 1.82) is 0 Å². The van der Waals surface area contributed by atoms with Crippen molar-refractivity contribution in [1.82, 2.24) is 40.0 Å². The Morgan fingerprint density at radius 2 is 1.74 bits per heavy atom. The van der Waals surface area contributed by atoms with Gasteiger partial charge in [-0.3, -0.25) is 34.0 Å². The van der Waals surface area contributed by atoms with E-state index < -0.39 is 47.2 Å². The number of cyclic esters (lactones) is 1. The Hall–Kier alpha value is -4.66. The Morgan fingerprint density at radius 3 is 2.41 bits per heavy atom. The number of hydrogen-bond acceptors (Lipinski definition) is 10. The van der Waals surface area contributed by atoms with E-state index >= 15 is 0 Å². The lowest BCUT2D eigenvalue weighted by Crippen LogP contribution is -2.62. The number of aromatic nitrogens is 2. The zero-order valence-corrected chi connectivity index (χ0v) is 45.7. The second kappa shape index (κ2) is 25.1. The first-order valence-electron chi connectivity index (χ1n) is 23.2. The summed E-state index contributed by atoms with van der Waals surface area (Å²) in [5.74, 6) is -2.82. The number of carbonyl (C=O) groups is 5. The van der Waals surface area contributed by atoms with Gasteiger partial charge >= 0.3 is 5.97 Å². The van der Waals surface area contributed by atoms with Crippen molar-refractivity contribution < 1.29 is 33.8 Å². The largest absolute Gasteiger partial charge is 0.508 e. The number of hydrogen-bond donors (Lipinski definition) is 3. The van der Waals surface area contributed by atoms with E-state index in [0.717, 1.165) is 44.5 Å². The molecule has 0 spiro atoms. The Balaban J connectivity index is 0.00000324. The summed E-state index contributed by atoms with van der Waals surface area (Å²) in [6.45, 7) is 15.9. The number of carbonyl (C=O) groups excluding carboxylic acids is 5. The number of pyridine rings is 1. The van der Waals surface area contributed by atoms with E-state index in [1.54, 1.807) is 24.1 Å². The number of likely N-dealkylation sites (tertiary alicyclic amines) is 1. The smallest absolute Gasteiger partial charge is 0.324 e. The Kier molecular flexibility index (Phi) is 21.4. The average Bonchev–Trinajstić information content (AvgIpc) is 3.89. The van der Waals surface area contributed by atoms with Crippen LogP contribution in [-0.4, -0.2) is 129 Å². The van der Waals surface area contributed by atoms with Gasteiger partial charge in [0.2, 0.25) is 17.7 Å². The van der Waals surface area contributed by atoms with Crippen LogP contribution in [0.1, 0.15) is 70.7 Å². The van der Waals surface area contributed by atoms with Gasteiger partial charge in [-0.25, -0.2) is 5.43 Å². The summed E-state index contributed by atoms with van der Waals surface area (Å²) in [6, 6.07) is 12.7. The van der Waals surface area contributed by atoms with E-state index in [1.807, 2.05) is 52.3 Å². The fourth-order valence-electron chi connectivity index (χ4n) is 9.99. The number of nitrogens with zero attached hydrogens (tertiary/aromatic N) is 6. The van der Waals surface area contributed by atoms with Crippen molar-refractivity contribution in [3.8, 4) is 28.1 Å². The average molecular weight is 1040 g/mol. The first-order valence-corrected chi connectivity index (χ1v) is 23.2. The molecule has 3 aliphatic heterocycles. The molecule has 3 N–H and O–H groups in total. The molecule has 7 rings (SSSR count). The number of phenols is 1. The van der Waals surface area contributed by atoms with Crippen LogP contribution in [-0.2, 0) is 54.6 Å². The molecule has 384 valence electrons. The molecule has 2 aromatic carbocycles. The van der Waals surface area contributed by atoms with Crippen LogP contribution in [0, 0.1) is 17.3 Å². The molecule has 2 fully saturated rings. The van der Waals surface area contributed by atoms with Gasteiger partial charge in [-0.15, -0.1) is 0 Å². The summed E-state index contributed by atoms with van der Waals surface area (Å²) in [5.41, 5.74) is 9.93. The highest BCUT2D eigenvalue weighted by Gasteiger charge is 2.40. The van der Waals surface area contributed by atoms with E-state index in [-0.39, 0.29) is 104 Å². The zero-order valence-electron chi connectivity index (χ0n) is 41.7.